The molecule has 0 fully saturated rings. The summed E-state index contributed by atoms with van der Waals surface area (Å²) in [6.45, 7) is 1.78. The Morgan fingerprint density at radius 1 is 1.21 bits per heavy atom. The van der Waals surface area contributed by atoms with E-state index in [2.05, 4.69) is 36.8 Å². The zero-order valence-electron chi connectivity index (χ0n) is 15.4. The number of halogens is 2. The summed E-state index contributed by atoms with van der Waals surface area (Å²) in [6, 6.07) is 12.8. The lowest BCUT2D eigenvalue weighted by atomic mass is 10.2. The lowest BCUT2D eigenvalue weighted by Crippen LogP contribution is -2.34. The molecule has 150 valence electrons. The number of hydrogen-bond acceptors (Lipinski definition) is 5. The highest BCUT2D eigenvalue weighted by molar-refractivity contribution is 9.10. The Labute approximate surface area is 185 Å². The highest BCUT2D eigenvalue weighted by Crippen LogP contribution is 2.22. The molecular weight excluding hydrogens is 478 g/mol. The molecule has 1 aromatic heterocycles. The summed E-state index contributed by atoms with van der Waals surface area (Å²) < 4.78 is 2.68. The highest BCUT2D eigenvalue weighted by atomic mass is 79.9. The van der Waals surface area contributed by atoms with Crippen molar-refractivity contribution in [3.05, 3.63) is 63.9 Å². The van der Waals surface area contributed by atoms with Crippen molar-refractivity contribution >= 4 is 56.8 Å². The average Bonchev–Trinajstić information content (AvgIpc) is 3.15. The molecule has 3 rings (SSSR count). The van der Waals surface area contributed by atoms with Crippen molar-refractivity contribution in [2.75, 3.05) is 17.6 Å². The van der Waals surface area contributed by atoms with E-state index in [1.54, 1.807) is 29.1 Å². The molecule has 2 N–H and O–H groups in total. The van der Waals surface area contributed by atoms with Crippen LogP contribution in [0, 0.1) is 6.92 Å². The van der Waals surface area contributed by atoms with Crippen LogP contribution < -0.4 is 10.6 Å². The highest BCUT2D eigenvalue weighted by Gasteiger charge is 2.12. The number of hydrogen-bond donors (Lipinski definition) is 2. The summed E-state index contributed by atoms with van der Waals surface area (Å²) in [7, 11) is 0. The van der Waals surface area contributed by atoms with Crippen molar-refractivity contribution in [3.8, 4) is 5.69 Å². The van der Waals surface area contributed by atoms with Crippen molar-refractivity contribution < 1.29 is 9.59 Å². The Morgan fingerprint density at radius 2 is 2.03 bits per heavy atom. The van der Waals surface area contributed by atoms with Crippen molar-refractivity contribution in [2.24, 2.45) is 0 Å². The van der Waals surface area contributed by atoms with Crippen LogP contribution in [0.1, 0.15) is 5.56 Å². The van der Waals surface area contributed by atoms with Gasteiger partial charge in [0.05, 0.1) is 18.0 Å². The van der Waals surface area contributed by atoms with Crippen molar-refractivity contribution in [1.29, 1.82) is 0 Å². The zero-order valence-corrected chi connectivity index (χ0v) is 18.5. The standard InChI is InChI=1S/C19H17BrClN5O2S/c1-12-7-13(20)5-6-16(12)24-17(27)9-22-18(28)10-29-19-25-23-11-26(19)15-4-2-3-14(21)8-15/h2-8,11H,9-10H2,1H3,(H,22,28)(H,24,27). The van der Waals surface area contributed by atoms with Gasteiger partial charge in [-0.05, 0) is 48.9 Å². The molecule has 0 aliphatic heterocycles. The monoisotopic (exact) mass is 493 g/mol. The summed E-state index contributed by atoms with van der Waals surface area (Å²) >= 11 is 10.6. The van der Waals surface area contributed by atoms with Crippen LogP contribution in [0.3, 0.4) is 0 Å². The first-order valence-electron chi connectivity index (χ1n) is 8.54. The first-order chi connectivity index (χ1) is 13.9. The molecule has 3 aromatic rings. The van der Waals surface area contributed by atoms with Crippen LogP contribution in [0.25, 0.3) is 5.69 Å². The number of carbonyl (C=O) groups is 2. The van der Waals surface area contributed by atoms with Gasteiger partial charge in [0.2, 0.25) is 11.8 Å². The molecule has 7 nitrogen and oxygen atoms in total. The summed E-state index contributed by atoms with van der Waals surface area (Å²) in [4.78, 5) is 24.2. The number of benzene rings is 2. The molecule has 29 heavy (non-hydrogen) atoms. The molecule has 0 aliphatic carbocycles. The number of carbonyl (C=O) groups excluding carboxylic acids is 2. The minimum atomic E-state index is -0.295. The molecule has 0 radical (unpaired) electrons. The maximum Gasteiger partial charge on any atom is 0.243 e. The molecule has 0 atom stereocenters. The Kier molecular flexibility index (Phi) is 7.29. The summed E-state index contributed by atoms with van der Waals surface area (Å²) in [5, 5.41) is 14.5. The van der Waals surface area contributed by atoms with Gasteiger partial charge in [-0.3, -0.25) is 14.2 Å². The lowest BCUT2D eigenvalue weighted by molar-refractivity contribution is -0.122. The molecule has 10 heteroatoms. The van der Waals surface area contributed by atoms with E-state index in [9.17, 15) is 9.59 Å². The van der Waals surface area contributed by atoms with Crippen LogP contribution >= 0.6 is 39.3 Å². The summed E-state index contributed by atoms with van der Waals surface area (Å²) in [5.41, 5.74) is 2.43. The lowest BCUT2D eigenvalue weighted by Gasteiger charge is -2.10. The number of aromatic nitrogens is 3. The van der Waals surface area contributed by atoms with Crippen LogP contribution in [0.15, 0.2) is 58.4 Å². The van der Waals surface area contributed by atoms with E-state index < -0.39 is 0 Å². The predicted octanol–water partition coefficient (Wildman–Crippen LogP) is 3.84. The van der Waals surface area contributed by atoms with Gasteiger partial charge in [-0.15, -0.1) is 10.2 Å². The molecule has 0 saturated carbocycles. The van der Waals surface area contributed by atoms with Crippen LogP contribution in [0.5, 0.6) is 0 Å². The molecule has 0 bridgehead atoms. The molecular formula is C19H17BrClN5O2S. The fourth-order valence-corrected chi connectivity index (χ4v) is 3.87. The molecule has 0 saturated heterocycles. The third-order valence-electron chi connectivity index (χ3n) is 3.84. The molecule has 2 amide bonds. The van der Waals surface area contributed by atoms with Gasteiger partial charge in [-0.1, -0.05) is 45.4 Å². The number of nitrogens with zero attached hydrogens (tertiary/aromatic N) is 3. The second-order valence-electron chi connectivity index (χ2n) is 6.04. The van der Waals surface area contributed by atoms with Gasteiger partial charge in [0.25, 0.3) is 0 Å². The largest absolute Gasteiger partial charge is 0.346 e. The van der Waals surface area contributed by atoms with Gasteiger partial charge in [0.15, 0.2) is 5.16 Å². The topological polar surface area (TPSA) is 88.9 Å². The quantitative estimate of drug-likeness (QED) is 0.487. The molecule has 1 heterocycles. The third kappa shape index (κ3) is 6.06. The van der Waals surface area contributed by atoms with Crippen molar-refractivity contribution in [3.63, 3.8) is 0 Å². The van der Waals surface area contributed by atoms with Gasteiger partial charge >= 0.3 is 0 Å². The smallest absolute Gasteiger partial charge is 0.243 e. The average molecular weight is 495 g/mol. The number of anilines is 1. The normalized spacial score (nSPS) is 10.6. The predicted molar refractivity (Wildman–Crippen MR) is 118 cm³/mol. The van der Waals surface area contributed by atoms with Crippen LogP contribution in [0.4, 0.5) is 5.69 Å². The van der Waals surface area contributed by atoms with E-state index in [4.69, 9.17) is 11.6 Å². The van der Waals surface area contributed by atoms with E-state index in [1.807, 2.05) is 31.2 Å². The number of aryl methyl sites for hydroxylation is 1. The van der Waals surface area contributed by atoms with Gasteiger partial charge in [-0.25, -0.2) is 0 Å². The van der Waals surface area contributed by atoms with E-state index in [0.29, 0.717) is 15.9 Å². The van der Waals surface area contributed by atoms with Gasteiger partial charge in [0, 0.05) is 15.2 Å². The minimum Gasteiger partial charge on any atom is -0.346 e. The first kappa shape index (κ1) is 21.4. The van der Waals surface area contributed by atoms with E-state index in [-0.39, 0.29) is 24.1 Å². The molecule has 0 aliphatic rings. The summed E-state index contributed by atoms with van der Waals surface area (Å²) in [5.74, 6) is -0.474. The van der Waals surface area contributed by atoms with Crippen LogP contribution in [-0.4, -0.2) is 38.9 Å². The van der Waals surface area contributed by atoms with E-state index in [1.165, 1.54) is 11.8 Å². The van der Waals surface area contributed by atoms with Crippen LogP contribution in [0.2, 0.25) is 5.02 Å². The SMILES string of the molecule is Cc1cc(Br)ccc1NC(=O)CNC(=O)CSc1nncn1-c1cccc(Cl)c1. The first-order valence-corrected chi connectivity index (χ1v) is 10.7. The molecule has 0 unspecified atom stereocenters. The second-order valence-corrected chi connectivity index (χ2v) is 8.33. The van der Waals surface area contributed by atoms with Crippen molar-refractivity contribution in [1.82, 2.24) is 20.1 Å². The summed E-state index contributed by atoms with van der Waals surface area (Å²) in [6.07, 6.45) is 1.56. The van der Waals surface area contributed by atoms with Gasteiger partial charge in [-0.2, -0.15) is 0 Å². The van der Waals surface area contributed by atoms with E-state index in [0.717, 1.165) is 15.7 Å². The maximum absolute atomic E-state index is 12.1. The molecule has 2 aromatic carbocycles. The minimum absolute atomic E-state index is 0.101. The van der Waals surface area contributed by atoms with Gasteiger partial charge in [0.1, 0.15) is 6.33 Å². The van der Waals surface area contributed by atoms with E-state index >= 15 is 0 Å². The van der Waals surface area contributed by atoms with Gasteiger partial charge < -0.3 is 10.6 Å². The third-order valence-corrected chi connectivity index (χ3v) is 5.52. The van der Waals surface area contributed by atoms with Crippen molar-refractivity contribution in [2.45, 2.75) is 12.1 Å². The number of thioether (sulfide) groups is 1. The Balaban J connectivity index is 1.49. The number of nitrogens with one attached hydrogen (secondary N) is 2. The molecule has 0 spiro atoms. The second kappa shape index (κ2) is 9.91. The zero-order chi connectivity index (χ0) is 20.8. The number of rotatable bonds is 7. The van der Waals surface area contributed by atoms with Crippen LogP contribution in [-0.2, 0) is 9.59 Å². The Bertz CT molecular complexity index is 1040. The fourth-order valence-electron chi connectivity index (χ4n) is 2.45. The Hall–Kier alpha value is -2.36. The number of amides is 2. The fraction of sp³-hybridized carbons (Fsp3) is 0.158. The maximum atomic E-state index is 12.1. The Morgan fingerprint density at radius 3 is 2.79 bits per heavy atom.